The zero-order chi connectivity index (χ0) is 13.2. The number of nitrogens with zero attached hydrogens (tertiary/aromatic N) is 2. The Hall–Kier alpha value is -2.62. The highest BCUT2D eigenvalue weighted by Crippen LogP contribution is 2.25. The van der Waals surface area contributed by atoms with Crippen LogP contribution in [0.4, 0.5) is 0 Å². The summed E-state index contributed by atoms with van der Waals surface area (Å²) < 4.78 is 1.83. The molecule has 2 aromatic heterocycles. The summed E-state index contributed by atoms with van der Waals surface area (Å²) in [6, 6.07) is 13.7. The molecule has 1 aromatic carbocycles. The van der Waals surface area contributed by atoms with Gasteiger partial charge in [-0.05, 0) is 11.6 Å². The number of hydrogen-bond donors (Lipinski definition) is 1. The van der Waals surface area contributed by atoms with Crippen LogP contribution in [-0.4, -0.2) is 20.5 Å². The van der Waals surface area contributed by atoms with E-state index >= 15 is 0 Å². The molecule has 0 aliphatic heterocycles. The summed E-state index contributed by atoms with van der Waals surface area (Å²) in [5.41, 5.74) is 3.58. The van der Waals surface area contributed by atoms with E-state index in [1.807, 2.05) is 46.9 Å². The van der Waals surface area contributed by atoms with Gasteiger partial charge in [0.05, 0.1) is 24.5 Å². The first-order valence-electron chi connectivity index (χ1n) is 5.97. The molecule has 94 valence electrons. The molecule has 0 atom stereocenters. The van der Waals surface area contributed by atoms with E-state index in [4.69, 9.17) is 5.11 Å². The van der Waals surface area contributed by atoms with Crippen LogP contribution >= 0.6 is 0 Å². The summed E-state index contributed by atoms with van der Waals surface area (Å²) in [6.45, 7) is 0. The summed E-state index contributed by atoms with van der Waals surface area (Å²) in [5.74, 6) is -0.849. The van der Waals surface area contributed by atoms with Gasteiger partial charge in [0, 0.05) is 11.3 Å². The molecule has 3 aromatic rings. The maximum atomic E-state index is 11.1. The van der Waals surface area contributed by atoms with E-state index in [2.05, 4.69) is 4.98 Å². The zero-order valence-corrected chi connectivity index (χ0v) is 10.2. The van der Waals surface area contributed by atoms with Crippen LogP contribution in [0.3, 0.4) is 0 Å². The van der Waals surface area contributed by atoms with Crippen LogP contribution in [0.25, 0.3) is 16.6 Å². The summed E-state index contributed by atoms with van der Waals surface area (Å²) in [4.78, 5) is 15.2. The molecule has 2 heterocycles. The average molecular weight is 252 g/mol. The van der Waals surface area contributed by atoms with E-state index in [-0.39, 0.29) is 6.42 Å². The van der Waals surface area contributed by atoms with Crippen molar-refractivity contribution in [1.29, 1.82) is 0 Å². The van der Waals surface area contributed by atoms with Crippen molar-refractivity contribution >= 4 is 11.5 Å². The Labute approximate surface area is 110 Å². The molecule has 0 fully saturated rings. The van der Waals surface area contributed by atoms with Gasteiger partial charge < -0.3 is 9.51 Å². The first-order chi connectivity index (χ1) is 9.25. The number of aromatic nitrogens is 2. The van der Waals surface area contributed by atoms with E-state index in [0.717, 1.165) is 22.3 Å². The van der Waals surface area contributed by atoms with Crippen LogP contribution < -0.4 is 0 Å². The summed E-state index contributed by atoms with van der Waals surface area (Å²) in [6.07, 6.45) is 3.35. The van der Waals surface area contributed by atoms with Crippen molar-refractivity contribution in [2.45, 2.75) is 6.42 Å². The minimum atomic E-state index is -0.849. The van der Waals surface area contributed by atoms with E-state index in [1.165, 1.54) is 0 Å². The van der Waals surface area contributed by atoms with Gasteiger partial charge in [-0.2, -0.15) is 0 Å². The quantitative estimate of drug-likeness (QED) is 0.779. The Morgan fingerprint density at radius 3 is 2.68 bits per heavy atom. The molecular formula is C15H12N2O2. The molecule has 0 amide bonds. The van der Waals surface area contributed by atoms with Crippen LogP contribution in [0.1, 0.15) is 5.69 Å². The summed E-state index contributed by atoms with van der Waals surface area (Å²) >= 11 is 0. The van der Waals surface area contributed by atoms with Crippen LogP contribution in [0.5, 0.6) is 0 Å². The molecule has 0 saturated heterocycles. The van der Waals surface area contributed by atoms with Crippen molar-refractivity contribution in [3.05, 3.63) is 60.7 Å². The predicted octanol–water partition coefficient (Wildman–Crippen LogP) is 2.63. The van der Waals surface area contributed by atoms with Gasteiger partial charge in [0.1, 0.15) is 0 Å². The third kappa shape index (κ3) is 2.08. The fraction of sp³-hybridized carbons (Fsp3) is 0.0667. The lowest BCUT2D eigenvalue weighted by molar-refractivity contribution is -0.136. The second-order valence-corrected chi connectivity index (χ2v) is 4.32. The number of aliphatic carboxylic acids is 1. The highest BCUT2D eigenvalue weighted by Gasteiger charge is 2.12. The fourth-order valence-corrected chi connectivity index (χ4v) is 2.25. The highest BCUT2D eigenvalue weighted by molar-refractivity contribution is 5.77. The molecule has 0 unspecified atom stereocenters. The van der Waals surface area contributed by atoms with Crippen LogP contribution in [0, 0.1) is 0 Å². The molecule has 0 saturated carbocycles. The molecular weight excluding hydrogens is 240 g/mol. The molecule has 1 N–H and O–H groups in total. The number of fused-ring (bicyclic) bond motifs is 1. The zero-order valence-electron chi connectivity index (χ0n) is 10.2. The molecule has 3 rings (SSSR count). The predicted molar refractivity (Wildman–Crippen MR) is 72.0 cm³/mol. The second-order valence-electron chi connectivity index (χ2n) is 4.32. The van der Waals surface area contributed by atoms with E-state index in [9.17, 15) is 4.79 Å². The Kier molecular flexibility index (Phi) is 2.76. The summed E-state index contributed by atoms with van der Waals surface area (Å²) in [5, 5.41) is 9.10. The lowest BCUT2D eigenvalue weighted by Crippen LogP contribution is -2.07. The summed E-state index contributed by atoms with van der Waals surface area (Å²) in [7, 11) is 0. The molecule has 4 nitrogen and oxygen atoms in total. The Morgan fingerprint density at radius 1 is 1.16 bits per heavy atom. The minimum Gasteiger partial charge on any atom is -0.481 e. The van der Waals surface area contributed by atoms with E-state index < -0.39 is 5.97 Å². The van der Waals surface area contributed by atoms with E-state index in [0.29, 0.717) is 0 Å². The number of pyridine rings is 1. The molecule has 0 bridgehead atoms. The normalized spacial score (nSPS) is 10.7. The van der Waals surface area contributed by atoms with Gasteiger partial charge in [0.2, 0.25) is 0 Å². The largest absolute Gasteiger partial charge is 0.481 e. The number of hydrogen-bond acceptors (Lipinski definition) is 2. The minimum absolute atomic E-state index is 0.0298. The number of benzene rings is 1. The first kappa shape index (κ1) is 11.5. The van der Waals surface area contributed by atoms with Crippen molar-refractivity contribution in [2.75, 3.05) is 0 Å². The Bertz CT molecular complexity index is 732. The van der Waals surface area contributed by atoms with Crippen LogP contribution in [0.2, 0.25) is 0 Å². The lowest BCUT2D eigenvalue weighted by atomic mass is 10.0. The first-order valence-corrected chi connectivity index (χ1v) is 5.97. The molecule has 0 aliphatic carbocycles. The van der Waals surface area contributed by atoms with Crippen LogP contribution in [-0.2, 0) is 11.2 Å². The van der Waals surface area contributed by atoms with Gasteiger partial charge in [-0.3, -0.25) is 4.79 Å². The second kappa shape index (κ2) is 4.57. The average Bonchev–Trinajstić information content (AvgIpc) is 2.88. The highest BCUT2D eigenvalue weighted by atomic mass is 16.4. The van der Waals surface area contributed by atoms with Gasteiger partial charge in [0.15, 0.2) is 0 Å². The van der Waals surface area contributed by atoms with Gasteiger partial charge >= 0.3 is 5.97 Å². The molecule has 19 heavy (non-hydrogen) atoms. The molecule has 0 aliphatic rings. The topological polar surface area (TPSA) is 54.6 Å². The fourth-order valence-electron chi connectivity index (χ4n) is 2.25. The van der Waals surface area contributed by atoms with Gasteiger partial charge in [0.25, 0.3) is 0 Å². The Balaban J connectivity index is 2.26. The number of carboxylic acid groups (broad SMARTS) is 1. The van der Waals surface area contributed by atoms with E-state index in [1.54, 1.807) is 12.5 Å². The number of carbonyl (C=O) groups is 1. The van der Waals surface area contributed by atoms with Crippen molar-refractivity contribution in [3.63, 3.8) is 0 Å². The molecule has 0 radical (unpaired) electrons. The van der Waals surface area contributed by atoms with Crippen molar-refractivity contribution in [3.8, 4) is 11.1 Å². The van der Waals surface area contributed by atoms with Crippen molar-refractivity contribution < 1.29 is 9.90 Å². The number of imidazole rings is 1. The SMILES string of the molecule is O=C(O)Cc1c(-c2ccccc2)ccc2cncn12. The van der Waals surface area contributed by atoms with Crippen molar-refractivity contribution in [2.24, 2.45) is 0 Å². The maximum Gasteiger partial charge on any atom is 0.309 e. The van der Waals surface area contributed by atoms with Crippen molar-refractivity contribution in [1.82, 2.24) is 9.38 Å². The lowest BCUT2D eigenvalue weighted by Gasteiger charge is -2.11. The molecule has 0 spiro atoms. The van der Waals surface area contributed by atoms with Gasteiger partial charge in [-0.1, -0.05) is 36.4 Å². The monoisotopic (exact) mass is 252 g/mol. The maximum absolute atomic E-state index is 11.1. The van der Waals surface area contributed by atoms with Crippen LogP contribution in [0.15, 0.2) is 55.0 Å². The standard InChI is InChI=1S/C15H12N2O2/c18-15(19)8-14-13(11-4-2-1-3-5-11)7-6-12-9-16-10-17(12)14/h1-7,9-10H,8H2,(H,18,19). The third-order valence-electron chi connectivity index (χ3n) is 3.09. The molecule has 4 heteroatoms. The number of carboxylic acids is 1. The number of rotatable bonds is 3. The smallest absolute Gasteiger partial charge is 0.309 e. The van der Waals surface area contributed by atoms with Gasteiger partial charge in [-0.25, -0.2) is 4.98 Å². The van der Waals surface area contributed by atoms with Gasteiger partial charge in [-0.15, -0.1) is 0 Å². The third-order valence-corrected chi connectivity index (χ3v) is 3.09. The Morgan fingerprint density at radius 2 is 1.95 bits per heavy atom.